The predicted octanol–water partition coefficient (Wildman–Crippen LogP) is 3.39. The van der Waals surface area contributed by atoms with Crippen molar-refractivity contribution < 1.29 is 4.39 Å². The fraction of sp³-hybridized carbons (Fsp3) is 0.333. The highest BCUT2D eigenvalue weighted by Crippen LogP contribution is 2.34. The second kappa shape index (κ2) is 4.11. The van der Waals surface area contributed by atoms with Crippen LogP contribution in [-0.4, -0.2) is 13.1 Å². The molecule has 0 saturated carbocycles. The van der Waals surface area contributed by atoms with E-state index in [1.54, 1.807) is 0 Å². The van der Waals surface area contributed by atoms with Gasteiger partial charge < -0.3 is 5.32 Å². The topological polar surface area (TPSA) is 12.0 Å². The van der Waals surface area contributed by atoms with Crippen molar-refractivity contribution in [1.82, 2.24) is 5.32 Å². The van der Waals surface area contributed by atoms with Crippen LogP contribution < -0.4 is 5.32 Å². The fourth-order valence-corrected chi connectivity index (χ4v) is 2.58. The summed E-state index contributed by atoms with van der Waals surface area (Å²) >= 11 is 0. The summed E-state index contributed by atoms with van der Waals surface area (Å²) < 4.78 is 14.8. The quantitative estimate of drug-likeness (QED) is 0.790. The molecular weight excluding hydrogens is 213 g/mol. The van der Waals surface area contributed by atoms with Crippen LogP contribution in [0, 0.1) is 0 Å². The van der Waals surface area contributed by atoms with Gasteiger partial charge in [0.15, 0.2) is 0 Å². The van der Waals surface area contributed by atoms with Crippen LogP contribution >= 0.6 is 0 Å². The number of nitrogens with one attached hydrogen (secondary N) is 1. The van der Waals surface area contributed by atoms with Crippen molar-refractivity contribution in [3.63, 3.8) is 0 Å². The third-order valence-corrected chi connectivity index (χ3v) is 3.60. The molecule has 0 bridgehead atoms. The van der Waals surface area contributed by atoms with E-state index in [9.17, 15) is 4.39 Å². The molecule has 1 N–H and O–H groups in total. The van der Waals surface area contributed by atoms with E-state index in [1.807, 2.05) is 36.4 Å². The van der Waals surface area contributed by atoms with E-state index in [1.165, 1.54) is 5.39 Å². The molecular formula is C15H16FN. The van der Waals surface area contributed by atoms with E-state index in [-0.39, 0.29) is 0 Å². The van der Waals surface area contributed by atoms with E-state index in [0.29, 0.717) is 13.0 Å². The first kappa shape index (κ1) is 10.7. The molecule has 2 aromatic rings. The second-order valence-electron chi connectivity index (χ2n) is 4.81. The smallest absolute Gasteiger partial charge is 0.148 e. The highest BCUT2D eigenvalue weighted by atomic mass is 19.1. The van der Waals surface area contributed by atoms with Crippen LogP contribution in [0.5, 0.6) is 0 Å². The first-order valence-corrected chi connectivity index (χ1v) is 6.17. The molecule has 0 spiro atoms. The molecule has 1 aliphatic heterocycles. The highest BCUT2D eigenvalue weighted by molar-refractivity contribution is 5.83. The minimum absolute atomic E-state index is 0.436. The van der Waals surface area contributed by atoms with Gasteiger partial charge in [-0.05, 0) is 41.8 Å². The van der Waals surface area contributed by atoms with Crippen molar-refractivity contribution in [2.75, 3.05) is 13.1 Å². The van der Waals surface area contributed by atoms with Crippen LogP contribution in [0.1, 0.15) is 18.4 Å². The number of alkyl halides is 1. The SMILES string of the molecule is FC1(c2ccc3ccccc3c2)CCCNC1. The molecule has 3 rings (SSSR count). The van der Waals surface area contributed by atoms with E-state index in [4.69, 9.17) is 0 Å². The molecule has 0 aromatic heterocycles. The third kappa shape index (κ3) is 1.93. The van der Waals surface area contributed by atoms with E-state index >= 15 is 0 Å². The number of rotatable bonds is 1. The Hall–Kier alpha value is -1.41. The summed E-state index contributed by atoms with van der Waals surface area (Å²) in [6.07, 6.45) is 1.53. The van der Waals surface area contributed by atoms with Crippen LogP contribution in [0.25, 0.3) is 10.8 Å². The van der Waals surface area contributed by atoms with Gasteiger partial charge in [-0.15, -0.1) is 0 Å². The van der Waals surface area contributed by atoms with Crippen LogP contribution in [0.15, 0.2) is 42.5 Å². The number of piperidine rings is 1. The van der Waals surface area contributed by atoms with Gasteiger partial charge in [-0.25, -0.2) is 4.39 Å². The van der Waals surface area contributed by atoms with Gasteiger partial charge in [0.05, 0.1) is 0 Å². The van der Waals surface area contributed by atoms with E-state index in [0.717, 1.165) is 23.9 Å². The first-order valence-electron chi connectivity index (χ1n) is 6.17. The first-order chi connectivity index (χ1) is 8.28. The van der Waals surface area contributed by atoms with Crippen LogP contribution in [0.3, 0.4) is 0 Å². The van der Waals surface area contributed by atoms with Crippen LogP contribution in [0.4, 0.5) is 4.39 Å². The molecule has 17 heavy (non-hydrogen) atoms. The molecule has 0 aliphatic carbocycles. The van der Waals surface area contributed by atoms with Crippen LogP contribution in [-0.2, 0) is 5.67 Å². The Morgan fingerprint density at radius 2 is 1.88 bits per heavy atom. The summed E-state index contributed by atoms with van der Waals surface area (Å²) in [6, 6.07) is 14.0. The Bertz CT molecular complexity index is 529. The highest BCUT2D eigenvalue weighted by Gasteiger charge is 2.33. The maximum absolute atomic E-state index is 14.8. The third-order valence-electron chi connectivity index (χ3n) is 3.60. The Kier molecular flexibility index (Phi) is 2.60. The summed E-state index contributed by atoms with van der Waals surface area (Å²) in [4.78, 5) is 0. The Labute approximate surface area is 101 Å². The minimum atomic E-state index is -1.19. The maximum Gasteiger partial charge on any atom is 0.148 e. The zero-order valence-corrected chi connectivity index (χ0v) is 9.75. The maximum atomic E-state index is 14.8. The van der Waals surface area contributed by atoms with Crippen molar-refractivity contribution in [2.24, 2.45) is 0 Å². The van der Waals surface area contributed by atoms with E-state index < -0.39 is 5.67 Å². The normalized spacial score (nSPS) is 25.0. The summed E-state index contributed by atoms with van der Waals surface area (Å²) in [5.41, 5.74) is -0.383. The monoisotopic (exact) mass is 229 g/mol. The lowest BCUT2D eigenvalue weighted by Crippen LogP contribution is -2.40. The van der Waals surface area contributed by atoms with Crippen molar-refractivity contribution in [1.29, 1.82) is 0 Å². The average molecular weight is 229 g/mol. The van der Waals surface area contributed by atoms with Crippen LogP contribution in [0.2, 0.25) is 0 Å². The lowest BCUT2D eigenvalue weighted by molar-refractivity contribution is 0.122. The largest absolute Gasteiger partial charge is 0.313 e. The molecule has 1 saturated heterocycles. The lowest BCUT2D eigenvalue weighted by atomic mass is 9.87. The van der Waals surface area contributed by atoms with Gasteiger partial charge in [0, 0.05) is 6.54 Å². The molecule has 1 heterocycles. The molecule has 2 heteroatoms. The number of hydrogen-bond acceptors (Lipinski definition) is 1. The van der Waals surface area contributed by atoms with Gasteiger partial charge in [0.25, 0.3) is 0 Å². The molecule has 1 aliphatic rings. The summed E-state index contributed by atoms with van der Waals surface area (Å²) in [6.45, 7) is 1.37. The Morgan fingerprint density at radius 3 is 2.65 bits per heavy atom. The average Bonchev–Trinajstić information content (AvgIpc) is 2.39. The fourth-order valence-electron chi connectivity index (χ4n) is 2.58. The molecule has 0 amide bonds. The van der Waals surface area contributed by atoms with Gasteiger partial charge in [-0.1, -0.05) is 36.4 Å². The molecule has 1 atom stereocenters. The number of hydrogen-bond donors (Lipinski definition) is 1. The standard InChI is InChI=1S/C15H16FN/c16-15(8-3-9-17-11-15)14-7-6-12-4-1-2-5-13(12)10-14/h1-2,4-7,10,17H,3,8-9,11H2. The van der Waals surface area contributed by atoms with Crippen molar-refractivity contribution in [3.05, 3.63) is 48.0 Å². The summed E-state index contributed by atoms with van der Waals surface area (Å²) in [5.74, 6) is 0. The van der Waals surface area contributed by atoms with Crippen molar-refractivity contribution in [3.8, 4) is 0 Å². The number of benzene rings is 2. The molecule has 1 fully saturated rings. The summed E-state index contributed by atoms with van der Waals surface area (Å²) in [5, 5.41) is 5.44. The minimum Gasteiger partial charge on any atom is -0.313 e. The second-order valence-corrected chi connectivity index (χ2v) is 4.81. The van der Waals surface area contributed by atoms with Crippen molar-refractivity contribution in [2.45, 2.75) is 18.5 Å². The summed E-state index contributed by atoms with van der Waals surface area (Å²) in [7, 11) is 0. The van der Waals surface area contributed by atoms with Crippen molar-refractivity contribution >= 4 is 10.8 Å². The Morgan fingerprint density at radius 1 is 1.06 bits per heavy atom. The van der Waals surface area contributed by atoms with E-state index in [2.05, 4.69) is 11.4 Å². The van der Waals surface area contributed by atoms with Gasteiger partial charge in [0.1, 0.15) is 5.67 Å². The van der Waals surface area contributed by atoms with Gasteiger partial charge in [-0.2, -0.15) is 0 Å². The predicted molar refractivity (Wildman–Crippen MR) is 68.8 cm³/mol. The molecule has 2 aromatic carbocycles. The zero-order chi connectivity index (χ0) is 11.7. The number of fused-ring (bicyclic) bond motifs is 1. The van der Waals surface area contributed by atoms with Gasteiger partial charge in [0.2, 0.25) is 0 Å². The number of halogens is 1. The molecule has 1 unspecified atom stereocenters. The zero-order valence-electron chi connectivity index (χ0n) is 9.75. The molecule has 88 valence electrons. The van der Waals surface area contributed by atoms with Gasteiger partial charge in [-0.3, -0.25) is 0 Å². The Balaban J connectivity index is 2.05. The lowest BCUT2D eigenvalue weighted by Gasteiger charge is -2.30. The molecule has 0 radical (unpaired) electrons. The molecule has 1 nitrogen and oxygen atoms in total. The van der Waals surface area contributed by atoms with Gasteiger partial charge >= 0.3 is 0 Å².